The Morgan fingerprint density at radius 2 is 1.48 bits per heavy atom. The summed E-state index contributed by atoms with van der Waals surface area (Å²) in [5, 5.41) is 3.63. The van der Waals surface area contributed by atoms with Crippen molar-refractivity contribution in [3.63, 3.8) is 0 Å². The topological polar surface area (TPSA) is 86.8 Å². The van der Waals surface area contributed by atoms with Gasteiger partial charge in [-0.2, -0.15) is 0 Å². The molecule has 0 aliphatic carbocycles. The van der Waals surface area contributed by atoms with Gasteiger partial charge in [0.15, 0.2) is 0 Å². The van der Waals surface area contributed by atoms with Crippen LogP contribution in [0.5, 0.6) is 0 Å². The third kappa shape index (κ3) is 6.96. The maximum Gasteiger partial charge on any atom is 0.261 e. The minimum absolute atomic E-state index is 0.0490. The van der Waals surface area contributed by atoms with Gasteiger partial charge in [-0.3, -0.25) is 24.1 Å². The summed E-state index contributed by atoms with van der Waals surface area (Å²) < 4.78 is 0. The zero-order valence-electron chi connectivity index (χ0n) is 22.8. The summed E-state index contributed by atoms with van der Waals surface area (Å²) >= 11 is 6.09. The van der Waals surface area contributed by atoms with Crippen molar-refractivity contribution in [3.8, 4) is 0 Å². The number of carbonyl (C=O) groups excluding carboxylic acids is 4. The van der Waals surface area contributed by atoms with Crippen LogP contribution in [0.25, 0.3) is 0 Å². The zero-order valence-corrected chi connectivity index (χ0v) is 23.6. The summed E-state index contributed by atoms with van der Waals surface area (Å²) in [4.78, 5) is 55.7. The molecule has 40 heavy (non-hydrogen) atoms. The van der Waals surface area contributed by atoms with E-state index >= 15 is 0 Å². The molecule has 2 atom stereocenters. The van der Waals surface area contributed by atoms with Gasteiger partial charge >= 0.3 is 0 Å². The van der Waals surface area contributed by atoms with Crippen molar-refractivity contribution in [1.29, 1.82) is 0 Å². The Kier molecular flexibility index (Phi) is 9.72. The Morgan fingerprint density at radius 1 is 0.875 bits per heavy atom. The van der Waals surface area contributed by atoms with Crippen LogP contribution in [0.2, 0.25) is 5.02 Å². The van der Waals surface area contributed by atoms with Crippen LogP contribution in [0.3, 0.4) is 0 Å². The lowest BCUT2D eigenvalue weighted by atomic mass is 10.0. The lowest BCUT2D eigenvalue weighted by molar-refractivity contribution is -0.141. The molecule has 0 aromatic heterocycles. The first-order chi connectivity index (χ1) is 19.3. The van der Waals surface area contributed by atoms with Gasteiger partial charge < -0.3 is 10.2 Å². The van der Waals surface area contributed by atoms with E-state index in [0.29, 0.717) is 22.6 Å². The first kappa shape index (κ1) is 29.0. The molecule has 1 aliphatic heterocycles. The minimum atomic E-state index is -0.751. The lowest BCUT2D eigenvalue weighted by Crippen LogP contribution is -2.52. The number of amides is 4. The molecule has 4 amide bonds. The van der Waals surface area contributed by atoms with Gasteiger partial charge in [0.25, 0.3) is 11.8 Å². The SMILES string of the molecule is CC[C@@H](C)NC(=O)[C@@H](Cc1ccccc1)N(Cc1ccc(Cl)cc1)C(=O)CCCN1C(=O)c2ccccc2C1=O. The molecule has 3 aromatic carbocycles. The first-order valence-corrected chi connectivity index (χ1v) is 14.0. The van der Waals surface area contributed by atoms with Crippen LogP contribution in [-0.2, 0) is 22.6 Å². The third-order valence-corrected chi connectivity index (χ3v) is 7.44. The molecule has 0 saturated heterocycles. The molecule has 0 saturated carbocycles. The number of benzene rings is 3. The highest BCUT2D eigenvalue weighted by atomic mass is 35.5. The van der Waals surface area contributed by atoms with E-state index in [4.69, 9.17) is 11.6 Å². The summed E-state index contributed by atoms with van der Waals surface area (Å²) in [6.45, 7) is 4.27. The Bertz CT molecular complexity index is 1330. The fraction of sp³-hybridized carbons (Fsp3) is 0.312. The smallest absolute Gasteiger partial charge is 0.261 e. The molecule has 0 fully saturated rings. The number of halogens is 1. The number of nitrogens with one attached hydrogen (secondary N) is 1. The van der Waals surface area contributed by atoms with E-state index in [9.17, 15) is 19.2 Å². The van der Waals surface area contributed by atoms with Crippen molar-refractivity contribution in [1.82, 2.24) is 15.1 Å². The molecule has 0 spiro atoms. The van der Waals surface area contributed by atoms with Crippen molar-refractivity contribution in [2.75, 3.05) is 6.54 Å². The second-order valence-electron chi connectivity index (χ2n) is 10.1. The molecule has 208 valence electrons. The Labute approximate surface area is 240 Å². The molecule has 0 bridgehead atoms. The molecule has 4 rings (SSSR count). The van der Waals surface area contributed by atoms with E-state index in [-0.39, 0.29) is 55.6 Å². The second kappa shape index (κ2) is 13.4. The van der Waals surface area contributed by atoms with Gasteiger partial charge in [0, 0.05) is 37.0 Å². The van der Waals surface area contributed by atoms with Crippen LogP contribution < -0.4 is 5.32 Å². The number of carbonyl (C=O) groups is 4. The first-order valence-electron chi connectivity index (χ1n) is 13.6. The number of imide groups is 1. The molecule has 0 radical (unpaired) electrons. The van der Waals surface area contributed by atoms with E-state index in [1.807, 2.05) is 56.3 Å². The van der Waals surface area contributed by atoms with Crippen molar-refractivity contribution in [3.05, 3.63) is 106 Å². The Hall–Kier alpha value is -3.97. The molecule has 3 aromatic rings. The van der Waals surface area contributed by atoms with E-state index in [1.165, 1.54) is 4.90 Å². The molecule has 7 nitrogen and oxygen atoms in total. The predicted molar refractivity (Wildman–Crippen MR) is 155 cm³/mol. The van der Waals surface area contributed by atoms with Crippen molar-refractivity contribution >= 4 is 35.2 Å². The molecule has 0 unspecified atom stereocenters. The number of rotatable bonds is 12. The quantitative estimate of drug-likeness (QED) is 0.306. The van der Waals surface area contributed by atoms with Gasteiger partial charge in [0.1, 0.15) is 6.04 Å². The largest absolute Gasteiger partial charge is 0.352 e. The van der Waals surface area contributed by atoms with Crippen molar-refractivity contribution in [2.24, 2.45) is 0 Å². The number of hydrogen-bond donors (Lipinski definition) is 1. The number of hydrogen-bond acceptors (Lipinski definition) is 4. The number of nitrogens with zero attached hydrogens (tertiary/aromatic N) is 2. The average Bonchev–Trinajstić information content (AvgIpc) is 3.21. The van der Waals surface area contributed by atoms with Crippen LogP contribution in [0.4, 0.5) is 0 Å². The molecule has 1 N–H and O–H groups in total. The monoisotopic (exact) mass is 559 g/mol. The van der Waals surface area contributed by atoms with Crippen LogP contribution >= 0.6 is 11.6 Å². The Morgan fingerprint density at radius 3 is 2.08 bits per heavy atom. The van der Waals surface area contributed by atoms with Gasteiger partial charge in [-0.05, 0) is 55.2 Å². The molecule has 8 heteroatoms. The van der Waals surface area contributed by atoms with Crippen LogP contribution in [0.1, 0.15) is 65.0 Å². The van der Waals surface area contributed by atoms with E-state index in [2.05, 4.69) is 5.32 Å². The van der Waals surface area contributed by atoms with Gasteiger partial charge in [-0.25, -0.2) is 0 Å². The maximum atomic E-state index is 13.8. The highest BCUT2D eigenvalue weighted by Crippen LogP contribution is 2.23. The molecular weight excluding hydrogens is 526 g/mol. The maximum absolute atomic E-state index is 13.8. The van der Waals surface area contributed by atoms with Crippen LogP contribution in [0, 0.1) is 0 Å². The zero-order chi connectivity index (χ0) is 28.6. The van der Waals surface area contributed by atoms with Gasteiger partial charge in [0.2, 0.25) is 11.8 Å². The third-order valence-electron chi connectivity index (χ3n) is 7.19. The van der Waals surface area contributed by atoms with Gasteiger partial charge in [0.05, 0.1) is 11.1 Å². The summed E-state index contributed by atoms with van der Waals surface area (Å²) in [7, 11) is 0. The summed E-state index contributed by atoms with van der Waals surface area (Å²) in [5.41, 5.74) is 2.54. The van der Waals surface area contributed by atoms with Crippen LogP contribution in [-0.4, -0.2) is 52.1 Å². The number of fused-ring (bicyclic) bond motifs is 1. The van der Waals surface area contributed by atoms with Crippen LogP contribution in [0.15, 0.2) is 78.9 Å². The summed E-state index contributed by atoms with van der Waals surface area (Å²) in [6, 6.07) is 22.7. The normalized spacial score (nSPS) is 14.0. The summed E-state index contributed by atoms with van der Waals surface area (Å²) in [5.74, 6) is -1.14. The molecule has 1 aliphatic rings. The highest BCUT2D eigenvalue weighted by molar-refractivity contribution is 6.30. The van der Waals surface area contributed by atoms with Gasteiger partial charge in [-0.15, -0.1) is 0 Å². The molecule has 1 heterocycles. The lowest BCUT2D eigenvalue weighted by Gasteiger charge is -2.32. The van der Waals surface area contributed by atoms with Crippen molar-refractivity contribution in [2.45, 2.75) is 58.2 Å². The molecular formula is C32H34ClN3O4. The average molecular weight is 560 g/mol. The standard InChI is InChI=1S/C32H34ClN3O4/c1-3-22(2)34-30(38)28(20-23-10-5-4-6-11-23)36(21-24-15-17-25(33)18-16-24)29(37)14-9-19-35-31(39)26-12-7-8-13-27(26)32(35)40/h4-8,10-13,15-18,22,28H,3,9,14,19-21H2,1-2H3,(H,34,38)/t22-,28-/m1/s1. The second-order valence-corrected chi connectivity index (χ2v) is 10.5. The van der Waals surface area contributed by atoms with Crippen molar-refractivity contribution < 1.29 is 19.2 Å². The summed E-state index contributed by atoms with van der Waals surface area (Å²) in [6.07, 6.45) is 1.46. The fourth-order valence-electron chi connectivity index (χ4n) is 4.76. The van der Waals surface area contributed by atoms with E-state index in [1.54, 1.807) is 41.3 Å². The Balaban J connectivity index is 1.54. The van der Waals surface area contributed by atoms with E-state index < -0.39 is 6.04 Å². The van der Waals surface area contributed by atoms with E-state index in [0.717, 1.165) is 17.5 Å². The predicted octanol–water partition coefficient (Wildman–Crippen LogP) is 5.27. The fourth-order valence-corrected chi connectivity index (χ4v) is 4.88. The minimum Gasteiger partial charge on any atom is -0.352 e. The van der Waals surface area contributed by atoms with Gasteiger partial charge in [-0.1, -0.05) is 73.1 Å². The highest BCUT2D eigenvalue weighted by Gasteiger charge is 2.35.